The Bertz CT molecular complexity index is 139. The minimum Gasteiger partial charge on any atom is -0.314 e. The van der Waals surface area contributed by atoms with Crippen molar-refractivity contribution >= 4 is 0 Å². The third kappa shape index (κ3) is 3.97. The first-order valence-electron chi connectivity index (χ1n) is 6.21. The molecule has 1 aliphatic heterocycles. The largest absolute Gasteiger partial charge is 0.314 e. The first-order valence-corrected chi connectivity index (χ1v) is 6.21. The van der Waals surface area contributed by atoms with Gasteiger partial charge in [-0.3, -0.25) is 0 Å². The quantitative estimate of drug-likeness (QED) is 0.704. The molecule has 84 valence electrons. The van der Waals surface area contributed by atoms with Gasteiger partial charge in [0, 0.05) is 12.1 Å². The number of hydrogen-bond donors (Lipinski definition) is 1. The fraction of sp³-hybridized carbons (Fsp3) is 1.00. The summed E-state index contributed by atoms with van der Waals surface area (Å²) < 4.78 is 0. The second kappa shape index (κ2) is 6.41. The molecule has 0 radical (unpaired) electrons. The van der Waals surface area contributed by atoms with E-state index in [9.17, 15) is 0 Å². The summed E-state index contributed by atoms with van der Waals surface area (Å²) in [5.41, 5.74) is 0. The Balaban J connectivity index is 2.06. The normalized spacial score (nSPS) is 22.5. The Kier molecular flexibility index (Phi) is 5.49. The van der Waals surface area contributed by atoms with E-state index in [-0.39, 0.29) is 0 Å². The molecule has 0 aliphatic carbocycles. The zero-order chi connectivity index (χ0) is 10.4. The molecule has 0 aromatic heterocycles. The molecule has 0 bridgehead atoms. The van der Waals surface area contributed by atoms with E-state index in [1.54, 1.807) is 0 Å². The Labute approximate surface area is 89.1 Å². The fourth-order valence-electron chi connectivity index (χ4n) is 2.33. The number of rotatable bonds is 6. The van der Waals surface area contributed by atoms with Gasteiger partial charge in [0.2, 0.25) is 0 Å². The van der Waals surface area contributed by atoms with E-state index >= 15 is 0 Å². The van der Waals surface area contributed by atoms with Gasteiger partial charge in [-0.25, -0.2) is 0 Å². The highest BCUT2D eigenvalue weighted by molar-refractivity contribution is 4.74. The highest BCUT2D eigenvalue weighted by atomic mass is 15.1. The Morgan fingerprint density at radius 3 is 2.71 bits per heavy atom. The predicted octanol–water partition coefficient (Wildman–Crippen LogP) is 2.25. The van der Waals surface area contributed by atoms with Gasteiger partial charge in [-0.05, 0) is 59.2 Å². The van der Waals surface area contributed by atoms with Gasteiger partial charge in [0.15, 0.2) is 0 Å². The van der Waals surface area contributed by atoms with Crippen molar-refractivity contribution in [3.8, 4) is 0 Å². The molecule has 2 nitrogen and oxygen atoms in total. The van der Waals surface area contributed by atoms with Crippen molar-refractivity contribution < 1.29 is 0 Å². The highest BCUT2D eigenvalue weighted by Crippen LogP contribution is 2.11. The summed E-state index contributed by atoms with van der Waals surface area (Å²) in [4.78, 5) is 2.55. The number of hydrogen-bond acceptors (Lipinski definition) is 2. The number of nitrogens with zero attached hydrogens (tertiary/aromatic N) is 1. The van der Waals surface area contributed by atoms with E-state index in [4.69, 9.17) is 0 Å². The molecule has 1 aliphatic rings. The topological polar surface area (TPSA) is 15.3 Å². The van der Waals surface area contributed by atoms with Crippen LogP contribution in [0.1, 0.15) is 46.5 Å². The van der Waals surface area contributed by atoms with Crippen molar-refractivity contribution in [2.75, 3.05) is 19.6 Å². The minimum absolute atomic E-state index is 0.705. The van der Waals surface area contributed by atoms with Gasteiger partial charge in [0.1, 0.15) is 0 Å². The van der Waals surface area contributed by atoms with Crippen molar-refractivity contribution in [2.24, 2.45) is 0 Å². The molecule has 2 heteroatoms. The van der Waals surface area contributed by atoms with Crippen LogP contribution in [0.5, 0.6) is 0 Å². The highest BCUT2D eigenvalue weighted by Gasteiger charge is 2.14. The third-order valence-corrected chi connectivity index (χ3v) is 3.30. The summed E-state index contributed by atoms with van der Waals surface area (Å²) in [6.45, 7) is 10.5. The average Bonchev–Trinajstić information content (AvgIpc) is 2.64. The SMILES string of the molecule is CCN(CCCC1CCCN1)C(C)C. The van der Waals surface area contributed by atoms with E-state index in [0.29, 0.717) is 6.04 Å². The first kappa shape index (κ1) is 12.0. The molecule has 0 spiro atoms. The van der Waals surface area contributed by atoms with Gasteiger partial charge in [0.25, 0.3) is 0 Å². The molecule has 1 N–H and O–H groups in total. The molecule has 0 saturated carbocycles. The molecule has 1 rings (SSSR count). The molecule has 1 atom stereocenters. The van der Waals surface area contributed by atoms with Gasteiger partial charge in [-0.15, -0.1) is 0 Å². The van der Waals surface area contributed by atoms with E-state index in [2.05, 4.69) is 31.0 Å². The average molecular weight is 198 g/mol. The van der Waals surface area contributed by atoms with E-state index in [1.165, 1.54) is 45.3 Å². The Morgan fingerprint density at radius 1 is 1.43 bits per heavy atom. The molecule has 0 aromatic rings. The monoisotopic (exact) mass is 198 g/mol. The van der Waals surface area contributed by atoms with Crippen molar-refractivity contribution in [2.45, 2.75) is 58.5 Å². The molecular weight excluding hydrogens is 172 g/mol. The van der Waals surface area contributed by atoms with Crippen LogP contribution in [-0.2, 0) is 0 Å². The molecule has 1 fully saturated rings. The van der Waals surface area contributed by atoms with E-state index in [0.717, 1.165) is 6.04 Å². The molecule has 0 aromatic carbocycles. The van der Waals surface area contributed by atoms with Crippen LogP contribution in [0.15, 0.2) is 0 Å². The molecular formula is C12H26N2. The summed E-state index contributed by atoms with van der Waals surface area (Å²) >= 11 is 0. The molecule has 0 amide bonds. The number of nitrogens with one attached hydrogen (secondary N) is 1. The van der Waals surface area contributed by atoms with Crippen LogP contribution in [0.2, 0.25) is 0 Å². The second-order valence-electron chi connectivity index (χ2n) is 4.66. The summed E-state index contributed by atoms with van der Waals surface area (Å²) in [5, 5.41) is 3.56. The lowest BCUT2D eigenvalue weighted by Crippen LogP contribution is -2.32. The van der Waals surface area contributed by atoms with Gasteiger partial charge in [0.05, 0.1) is 0 Å². The van der Waals surface area contributed by atoms with Crippen molar-refractivity contribution in [3.05, 3.63) is 0 Å². The fourth-order valence-corrected chi connectivity index (χ4v) is 2.33. The van der Waals surface area contributed by atoms with Crippen LogP contribution in [0.25, 0.3) is 0 Å². The van der Waals surface area contributed by atoms with Crippen LogP contribution in [0.4, 0.5) is 0 Å². The lowest BCUT2D eigenvalue weighted by Gasteiger charge is -2.25. The maximum absolute atomic E-state index is 3.56. The Hall–Kier alpha value is -0.0800. The van der Waals surface area contributed by atoms with Gasteiger partial charge < -0.3 is 10.2 Å². The molecule has 1 heterocycles. The minimum atomic E-state index is 0.705. The smallest absolute Gasteiger partial charge is 0.00680 e. The summed E-state index contributed by atoms with van der Waals surface area (Å²) in [5.74, 6) is 0. The van der Waals surface area contributed by atoms with Gasteiger partial charge in [-0.2, -0.15) is 0 Å². The zero-order valence-electron chi connectivity index (χ0n) is 10.1. The summed E-state index contributed by atoms with van der Waals surface area (Å²) in [6.07, 6.45) is 5.49. The van der Waals surface area contributed by atoms with Crippen LogP contribution in [0, 0.1) is 0 Å². The third-order valence-electron chi connectivity index (χ3n) is 3.30. The van der Waals surface area contributed by atoms with E-state index < -0.39 is 0 Å². The van der Waals surface area contributed by atoms with Crippen molar-refractivity contribution in [1.29, 1.82) is 0 Å². The van der Waals surface area contributed by atoms with E-state index in [1.807, 2.05) is 0 Å². The lowest BCUT2D eigenvalue weighted by molar-refractivity contribution is 0.226. The standard InChI is InChI=1S/C12H26N2/c1-4-14(11(2)3)10-6-8-12-7-5-9-13-12/h11-13H,4-10H2,1-3H3. The molecule has 1 unspecified atom stereocenters. The maximum Gasteiger partial charge on any atom is 0.00680 e. The lowest BCUT2D eigenvalue weighted by atomic mass is 10.1. The Morgan fingerprint density at radius 2 is 2.21 bits per heavy atom. The predicted molar refractivity (Wildman–Crippen MR) is 62.6 cm³/mol. The zero-order valence-corrected chi connectivity index (χ0v) is 10.1. The van der Waals surface area contributed by atoms with Crippen molar-refractivity contribution in [3.63, 3.8) is 0 Å². The van der Waals surface area contributed by atoms with Crippen LogP contribution in [-0.4, -0.2) is 36.6 Å². The first-order chi connectivity index (χ1) is 6.74. The second-order valence-corrected chi connectivity index (χ2v) is 4.66. The molecule has 14 heavy (non-hydrogen) atoms. The van der Waals surface area contributed by atoms with Gasteiger partial charge >= 0.3 is 0 Å². The maximum atomic E-state index is 3.56. The summed E-state index contributed by atoms with van der Waals surface area (Å²) in [7, 11) is 0. The molecule has 1 saturated heterocycles. The van der Waals surface area contributed by atoms with Crippen molar-refractivity contribution in [1.82, 2.24) is 10.2 Å². The van der Waals surface area contributed by atoms with Gasteiger partial charge in [-0.1, -0.05) is 6.92 Å². The van der Waals surface area contributed by atoms with Crippen LogP contribution < -0.4 is 5.32 Å². The summed E-state index contributed by atoms with van der Waals surface area (Å²) in [6, 6.07) is 1.53. The van der Waals surface area contributed by atoms with Crippen LogP contribution >= 0.6 is 0 Å². The van der Waals surface area contributed by atoms with Crippen LogP contribution in [0.3, 0.4) is 0 Å².